The summed E-state index contributed by atoms with van der Waals surface area (Å²) in [6.45, 7) is 0.421. The molecule has 0 amide bonds. The quantitative estimate of drug-likeness (QED) is 0.863. The van der Waals surface area contributed by atoms with Gasteiger partial charge in [0.2, 0.25) is 5.75 Å². The highest BCUT2D eigenvalue weighted by atomic mass is 19.1. The molecule has 1 aromatic heterocycles. The number of anilines is 2. The summed E-state index contributed by atoms with van der Waals surface area (Å²) >= 11 is 0. The highest BCUT2D eigenvalue weighted by Gasteiger charge is 2.08. The maximum Gasteiger partial charge on any atom is 0.203 e. The van der Waals surface area contributed by atoms with E-state index in [0.717, 1.165) is 5.56 Å². The zero-order valence-corrected chi connectivity index (χ0v) is 9.85. The molecule has 94 valence electrons. The van der Waals surface area contributed by atoms with Crippen LogP contribution in [0.25, 0.3) is 0 Å². The molecule has 6 heteroatoms. The largest absolute Gasteiger partial charge is 0.490 e. The minimum Gasteiger partial charge on any atom is -0.490 e. The molecule has 0 aliphatic rings. The summed E-state index contributed by atoms with van der Waals surface area (Å²) < 4.78 is 18.1. The lowest BCUT2D eigenvalue weighted by Crippen LogP contribution is -2.06. The van der Waals surface area contributed by atoms with Gasteiger partial charge in [0.25, 0.3) is 0 Å². The summed E-state index contributed by atoms with van der Waals surface area (Å²) in [6.07, 6.45) is 1.34. The van der Waals surface area contributed by atoms with Gasteiger partial charge in [-0.05, 0) is 17.7 Å². The second-order valence-electron chi connectivity index (χ2n) is 3.62. The molecule has 0 saturated carbocycles. The van der Waals surface area contributed by atoms with E-state index in [4.69, 9.17) is 10.5 Å². The number of ether oxygens (including phenoxy) is 1. The molecule has 0 aliphatic carbocycles. The molecule has 0 fully saturated rings. The van der Waals surface area contributed by atoms with Gasteiger partial charge in [0, 0.05) is 6.54 Å². The van der Waals surface area contributed by atoms with Gasteiger partial charge < -0.3 is 15.8 Å². The maximum absolute atomic E-state index is 13.0. The Labute approximate surface area is 104 Å². The standard InChI is InChI=1S/C12H13FN4O/c1-18-10-11(14)16-7-17-12(10)15-6-8-3-2-4-9(13)5-8/h2-5,7H,6H2,1H3,(H3,14,15,16,17). The average Bonchev–Trinajstić information content (AvgIpc) is 2.36. The van der Waals surface area contributed by atoms with Crippen LogP contribution in [-0.4, -0.2) is 17.1 Å². The van der Waals surface area contributed by atoms with Crippen molar-refractivity contribution in [3.8, 4) is 5.75 Å². The number of methoxy groups -OCH3 is 1. The van der Waals surface area contributed by atoms with Gasteiger partial charge in [0.05, 0.1) is 7.11 Å². The fraction of sp³-hybridized carbons (Fsp3) is 0.167. The zero-order chi connectivity index (χ0) is 13.0. The van der Waals surface area contributed by atoms with E-state index in [1.807, 2.05) is 6.07 Å². The topological polar surface area (TPSA) is 73.1 Å². The van der Waals surface area contributed by atoms with Crippen molar-refractivity contribution in [2.75, 3.05) is 18.2 Å². The number of benzene rings is 1. The number of rotatable bonds is 4. The van der Waals surface area contributed by atoms with E-state index in [0.29, 0.717) is 18.1 Å². The molecule has 2 aromatic rings. The lowest BCUT2D eigenvalue weighted by molar-refractivity contribution is 0.415. The number of aromatic nitrogens is 2. The van der Waals surface area contributed by atoms with Crippen LogP contribution in [0.2, 0.25) is 0 Å². The first-order valence-electron chi connectivity index (χ1n) is 5.33. The van der Waals surface area contributed by atoms with Gasteiger partial charge in [-0.15, -0.1) is 0 Å². The summed E-state index contributed by atoms with van der Waals surface area (Å²) in [7, 11) is 1.49. The number of halogens is 1. The molecular formula is C12H13FN4O. The van der Waals surface area contributed by atoms with Crippen molar-refractivity contribution in [3.63, 3.8) is 0 Å². The molecule has 0 aliphatic heterocycles. The third kappa shape index (κ3) is 2.65. The molecule has 0 bridgehead atoms. The first-order valence-corrected chi connectivity index (χ1v) is 5.33. The summed E-state index contributed by atoms with van der Waals surface area (Å²) in [5.41, 5.74) is 6.45. The predicted octanol–water partition coefficient (Wildman–Crippen LogP) is 1.82. The molecule has 5 nitrogen and oxygen atoms in total. The van der Waals surface area contributed by atoms with Crippen LogP contribution in [0.4, 0.5) is 16.0 Å². The Kier molecular flexibility index (Phi) is 3.57. The molecule has 0 unspecified atom stereocenters. The van der Waals surface area contributed by atoms with Crippen molar-refractivity contribution in [3.05, 3.63) is 42.0 Å². The predicted molar refractivity (Wildman–Crippen MR) is 66.7 cm³/mol. The second-order valence-corrected chi connectivity index (χ2v) is 3.62. The number of hydrogen-bond donors (Lipinski definition) is 2. The molecular weight excluding hydrogens is 235 g/mol. The lowest BCUT2D eigenvalue weighted by atomic mass is 10.2. The van der Waals surface area contributed by atoms with Crippen LogP contribution in [0.1, 0.15) is 5.56 Å². The Morgan fingerprint density at radius 1 is 1.39 bits per heavy atom. The minimum absolute atomic E-state index is 0.259. The van der Waals surface area contributed by atoms with E-state index < -0.39 is 0 Å². The summed E-state index contributed by atoms with van der Waals surface area (Å²) in [4.78, 5) is 7.85. The van der Waals surface area contributed by atoms with Crippen LogP contribution in [0.3, 0.4) is 0 Å². The van der Waals surface area contributed by atoms with Crippen molar-refractivity contribution in [2.24, 2.45) is 0 Å². The third-order valence-electron chi connectivity index (χ3n) is 2.38. The van der Waals surface area contributed by atoms with E-state index in [1.165, 1.54) is 25.6 Å². The van der Waals surface area contributed by atoms with Crippen molar-refractivity contribution in [2.45, 2.75) is 6.54 Å². The minimum atomic E-state index is -0.275. The monoisotopic (exact) mass is 248 g/mol. The molecule has 0 radical (unpaired) electrons. The molecule has 2 rings (SSSR count). The third-order valence-corrected chi connectivity index (χ3v) is 2.38. The van der Waals surface area contributed by atoms with Crippen LogP contribution < -0.4 is 15.8 Å². The van der Waals surface area contributed by atoms with Gasteiger partial charge in [-0.3, -0.25) is 0 Å². The van der Waals surface area contributed by atoms with Gasteiger partial charge >= 0.3 is 0 Å². The molecule has 0 spiro atoms. The van der Waals surface area contributed by atoms with E-state index in [-0.39, 0.29) is 11.6 Å². The van der Waals surface area contributed by atoms with Crippen molar-refractivity contribution < 1.29 is 9.13 Å². The zero-order valence-electron chi connectivity index (χ0n) is 9.85. The maximum atomic E-state index is 13.0. The Morgan fingerprint density at radius 3 is 2.94 bits per heavy atom. The highest BCUT2D eigenvalue weighted by Crippen LogP contribution is 2.26. The van der Waals surface area contributed by atoms with E-state index in [9.17, 15) is 4.39 Å². The van der Waals surface area contributed by atoms with Gasteiger partial charge in [-0.25, -0.2) is 14.4 Å². The Hall–Kier alpha value is -2.37. The average molecular weight is 248 g/mol. The number of nitrogens with one attached hydrogen (secondary N) is 1. The Bertz CT molecular complexity index is 547. The Balaban J connectivity index is 2.13. The van der Waals surface area contributed by atoms with Gasteiger partial charge in [-0.2, -0.15) is 0 Å². The van der Waals surface area contributed by atoms with Crippen molar-refractivity contribution in [1.29, 1.82) is 0 Å². The van der Waals surface area contributed by atoms with Crippen LogP contribution in [0.5, 0.6) is 5.75 Å². The smallest absolute Gasteiger partial charge is 0.203 e. The van der Waals surface area contributed by atoms with Gasteiger partial charge in [0.15, 0.2) is 11.6 Å². The van der Waals surface area contributed by atoms with Crippen LogP contribution in [0.15, 0.2) is 30.6 Å². The normalized spacial score (nSPS) is 10.1. The first-order chi connectivity index (χ1) is 8.70. The van der Waals surface area contributed by atoms with E-state index in [2.05, 4.69) is 15.3 Å². The van der Waals surface area contributed by atoms with Crippen LogP contribution >= 0.6 is 0 Å². The van der Waals surface area contributed by atoms with Crippen LogP contribution in [0, 0.1) is 5.82 Å². The van der Waals surface area contributed by atoms with E-state index in [1.54, 1.807) is 6.07 Å². The molecule has 18 heavy (non-hydrogen) atoms. The second kappa shape index (κ2) is 5.31. The number of nitrogens with zero attached hydrogens (tertiary/aromatic N) is 2. The van der Waals surface area contributed by atoms with Crippen LogP contribution in [-0.2, 0) is 6.54 Å². The molecule has 0 atom stereocenters. The summed E-state index contributed by atoms with van der Waals surface area (Å²) in [5, 5.41) is 3.03. The fourth-order valence-electron chi connectivity index (χ4n) is 1.55. The molecule has 0 saturated heterocycles. The van der Waals surface area contributed by atoms with Crippen molar-refractivity contribution in [1.82, 2.24) is 9.97 Å². The lowest BCUT2D eigenvalue weighted by Gasteiger charge is -2.10. The SMILES string of the molecule is COc1c(N)ncnc1NCc1cccc(F)c1. The van der Waals surface area contributed by atoms with Gasteiger partial charge in [-0.1, -0.05) is 12.1 Å². The molecule has 1 aromatic carbocycles. The number of hydrogen-bond acceptors (Lipinski definition) is 5. The molecule has 1 heterocycles. The number of nitrogens with two attached hydrogens (primary N) is 1. The summed E-state index contributed by atoms with van der Waals surface area (Å²) in [6, 6.07) is 6.31. The Morgan fingerprint density at radius 2 is 2.22 bits per heavy atom. The highest BCUT2D eigenvalue weighted by molar-refractivity contribution is 5.61. The first kappa shape index (κ1) is 12.1. The molecule has 3 N–H and O–H groups in total. The number of nitrogen functional groups attached to an aromatic ring is 1. The van der Waals surface area contributed by atoms with Crippen molar-refractivity contribution >= 4 is 11.6 Å². The fourth-order valence-corrected chi connectivity index (χ4v) is 1.55. The van der Waals surface area contributed by atoms with E-state index >= 15 is 0 Å². The summed E-state index contributed by atoms with van der Waals surface area (Å²) in [5.74, 6) is 0.848. The van der Waals surface area contributed by atoms with Gasteiger partial charge in [0.1, 0.15) is 12.1 Å².